The molecular formula is C14H18O4S. The molecule has 1 aliphatic rings. The van der Waals surface area contributed by atoms with Gasteiger partial charge in [-0.3, -0.25) is 4.18 Å². The van der Waals surface area contributed by atoms with Gasteiger partial charge >= 0.3 is 0 Å². The van der Waals surface area contributed by atoms with Gasteiger partial charge in [-0.25, -0.2) is 0 Å². The van der Waals surface area contributed by atoms with Crippen molar-refractivity contribution in [3.63, 3.8) is 0 Å². The molecule has 0 aromatic heterocycles. The monoisotopic (exact) mass is 282 g/mol. The summed E-state index contributed by atoms with van der Waals surface area (Å²) in [6.45, 7) is 4.29. The Balaban J connectivity index is 2.15. The number of aryl methyl sites for hydroxylation is 1. The lowest BCUT2D eigenvalue weighted by Crippen LogP contribution is -2.30. The second-order valence-electron chi connectivity index (χ2n) is 4.54. The van der Waals surface area contributed by atoms with Crippen molar-refractivity contribution in [1.29, 1.82) is 0 Å². The fraction of sp³-hybridized carbons (Fsp3) is 0.429. The van der Waals surface area contributed by atoms with Gasteiger partial charge in [-0.15, -0.1) is 0 Å². The summed E-state index contributed by atoms with van der Waals surface area (Å²) in [5, 5.41) is 0. The van der Waals surface area contributed by atoms with E-state index in [-0.39, 0.29) is 11.0 Å². The first-order valence-electron chi connectivity index (χ1n) is 6.31. The molecule has 1 heterocycles. The molecule has 5 heteroatoms. The van der Waals surface area contributed by atoms with E-state index < -0.39 is 16.2 Å². The summed E-state index contributed by atoms with van der Waals surface area (Å²) in [6.07, 6.45) is 3.52. The molecular weight excluding hydrogens is 264 g/mol. The van der Waals surface area contributed by atoms with Crippen LogP contribution in [0.2, 0.25) is 0 Å². The molecule has 4 nitrogen and oxygen atoms in total. The highest BCUT2D eigenvalue weighted by Crippen LogP contribution is 2.21. The van der Waals surface area contributed by atoms with Gasteiger partial charge in [0.25, 0.3) is 10.1 Å². The summed E-state index contributed by atoms with van der Waals surface area (Å²) < 4.78 is 35.0. The molecule has 0 fully saturated rings. The van der Waals surface area contributed by atoms with Crippen molar-refractivity contribution >= 4 is 10.1 Å². The van der Waals surface area contributed by atoms with Crippen LogP contribution in [-0.2, 0) is 19.0 Å². The normalized spacial score (nSPS) is 20.6. The molecule has 0 saturated heterocycles. The standard InChI is InChI=1S/C14H18O4S/c1-3-13(14-5-4-10-17-14)18-19(15,16)12-8-6-11(2)7-9-12/h4-9,13-14H,3,10H2,1-2H3/t13?,14-/m0/s1. The van der Waals surface area contributed by atoms with E-state index in [0.29, 0.717) is 13.0 Å². The molecule has 1 unspecified atom stereocenters. The number of hydrogen-bond donors (Lipinski definition) is 0. The molecule has 0 saturated carbocycles. The molecule has 0 aliphatic carbocycles. The van der Waals surface area contributed by atoms with Gasteiger partial charge in [-0.1, -0.05) is 36.8 Å². The highest BCUT2D eigenvalue weighted by atomic mass is 32.2. The van der Waals surface area contributed by atoms with Crippen LogP contribution in [0.25, 0.3) is 0 Å². The zero-order valence-corrected chi connectivity index (χ0v) is 11.9. The van der Waals surface area contributed by atoms with E-state index in [1.54, 1.807) is 24.3 Å². The Bertz CT molecular complexity index is 545. The smallest absolute Gasteiger partial charge is 0.297 e. The summed E-state index contributed by atoms with van der Waals surface area (Å²) in [5.41, 5.74) is 1.01. The molecule has 1 aromatic carbocycles. The fourth-order valence-electron chi connectivity index (χ4n) is 1.92. The SMILES string of the molecule is CCC(OS(=O)(=O)c1ccc(C)cc1)[C@@H]1C=CCO1. The van der Waals surface area contributed by atoms with Gasteiger partial charge in [0.15, 0.2) is 0 Å². The van der Waals surface area contributed by atoms with Crippen LogP contribution in [0.3, 0.4) is 0 Å². The van der Waals surface area contributed by atoms with Crippen LogP contribution in [0.5, 0.6) is 0 Å². The van der Waals surface area contributed by atoms with Crippen LogP contribution in [0.1, 0.15) is 18.9 Å². The second-order valence-corrected chi connectivity index (χ2v) is 6.11. The summed E-state index contributed by atoms with van der Waals surface area (Å²) in [5.74, 6) is 0. The maximum absolute atomic E-state index is 12.2. The average Bonchev–Trinajstić information content (AvgIpc) is 2.90. The third kappa shape index (κ3) is 3.43. The van der Waals surface area contributed by atoms with Gasteiger partial charge in [0.1, 0.15) is 12.2 Å². The Hall–Kier alpha value is -1.17. The zero-order chi connectivity index (χ0) is 13.9. The predicted molar refractivity (Wildman–Crippen MR) is 72.4 cm³/mol. The second kappa shape index (κ2) is 5.86. The van der Waals surface area contributed by atoms with Crippen molar-refractivity contribution in [2.45, 2.75) is 37.4 Å². The van der Waals surface area contributed by atoms with Crippen LogP contribution < -0.4 is 0 Å². The van der Waals surface area contributed by atoms with E-state index in [1.165, 1.54) is 0 Å². The molecule has 2 atom stereocenters. The topological polar surface area (TPSA) is 52.6 Å². The van der Waals surface area contributed by atoms with Crippen molar-refractivity contribution in [3.8, 4) is 0 Å². The third-order valence-electron chi connectivity index (χ3n) is 3.04. The van der Waals surface area contributed by atoms with Gasteiger partial charge in [-0.2, -0.15) is 8.42 Å². The van der Waals surface area contributed by atoms with Crippen molar-refractivity contribution in [1.82, 2.24) is 0 Å². The predicted octanol–water partition coefficient (Wildman–Crippen LogP) is 2.43. The molecule has 104 valence electrons. The van der Waals surface area contributed by atoms with Crippen LogP contribution in [0, 0.1) is 6.92 Å². The first-order valence-corrected chi connectivity index (χ1v) is 7.72. The minimum absolute atomic E-state index is 0.179. The molecule has 19 heavy (non-hydrogen) atoms. The van der Waals surface area contributed by atoms with Gasteiger partial charge in [-0.05, 0) is 25.5 Å². The van der Waals surface area contributed by atoms with E-state index >= 15 is 0 Å². The highest BCUT2D eigenvalue weighted by Gasteiger charge is 2.28. The van der Waals surface area contributed by atoms with E-state index in [9.17, 15) is 8.42 Å². The van der Waals surface area contributed by atoms with Gasteiger partial charge in [0.2, 0.25) is 0 Å². The first kappa shape index (κ1) is 14.2. The van der Waals surface area contributed by atoms with Crippen LogP contribution in [-0.4, -0.2) is 27.2 Å². The largest absolute Gasteiger partial charge is 0.367 e. The Labute approximate surface area is 114 Å². The Morgan fingerprint density at radius 3 is 2.58 bits per heavy atom. The molecule has 2 rings (SSSR count). The summed E-state index contributed by atoms with van der Waals surface area (Å²) in [7, 11) is -3.74. The fourth-order valence-corrected chi connectivity index (χ4v) is 3.07. The number of benzene rings is 1. The maximum atomic E-state index is 12.2. The van der Waals surface area contributed by atoms with E-state index in [2.05, 4.69) is 0 Å². The molecule has 1 aliphatic heterocycles. The quantitative estimate of drug-likeness (QED) is 0.615. The molecule has 1 aromatic rings. The minimum Gasteiger partial charge on any atom is -0.367 e. The Morgan fingerprint density at radius 2 is 2.05 bits per heavy atom. The number of ether oxygens (including phenoxy) is 1. The van der Waals surface area contributed by atoms with Crippen LogP contribution >= 0.6 is 0 Å². The average molecular weight is 282 g/mol. The van der Waals surface area contributed by atoms with Crippen molar-refractivity contribution < 1.29 is 17.3 Å². The summed E-state index contributed by atoms with van der Waals surface area (Å²) in [6, 6.07) is 6.62. The van der Waals surface area contributed by atoms with Gasteiger partial charge in [0, 0.05) is 0 Å². The first-order chi connectivity index (χ1) is 9.03. The zero-order valence-electron chi connectivity index (χ0n) is 11.1. The highest BCUT2D eigenvalue weighted by molar-refractivity contribution is 7.86. The van der Waals surface area contributed by atoms with Crippen LogP contribution in [0.15, 0.2) is 41.3 Å². The van der Waals surface area contributed by atoms with E-state index in [4.69, 9.17) is 8.92 Å². The summed E-state index contributed by atoms with van der Waals surface area (Å²) in [4.78, 5) is 0.179. The molecule has 0 radical (unpaired) electrons. The van der Waals surface area contributed by atoms with Gasteiger partial charge in [0.05, 0.1) is 11.5 Å². The van der Waals surface area contributed by atoms with Gasteiger partial charge < -0.3 is 4.74 Å². The minimum atomic E-state index is -3.74. The molecule has 0 N–H and O–H groups in total. The van der Waals surface area contributed by atoms with Crippen molar-refractivity contribution in [2.24, 2.45) is 0 Å². The van der Waals surface area contributed by atoms with Crippen molar-refractivity contribution in [3.05, 3.63) is 42.0 Å². The van der Waals surface area contributed by atoms with E-state index in [0.717, 1.165) is 5.56 Å². The van der Waals surface area contributed by atoms with Crippen LogP contribution in [0.4, 0.5) is 0 Å². The lowest BCUT2D eigenvalue weighted by atomic mass is 10.1. The van der Waals surface area contributed by atoms with E-state index in [1.807, 2.05) is 26.0 Å². The Kier molecular flexibility index (Phi) is 4.39. The molecule has 0 spiro atoms. The Morgan fingerprint density at radius 1 is 1.37 bits per heavy atom. The number of hydrogen-bond acceptors (Lipinski definition) is 4. The number of rotatable bonds is 5. The third-order valence-corrected chi connectivity index (χ3v) is 4.39. The lowest BCUT2D eigenvalue weighted by Gasteiger charge is -2.20. The lowest BCUT2D eigenvalue weighted by molar-refractivity contribution is 0.0291. The van der Waals surface area contributed by atoms with Crippen molar-refractivity contribution in [2.75, 3.05) is 6.61 Å². The molecule has 0 bridgehead atoms. The maximum Gasteiger partial charge on any atom is 0.297 e. The molecule has 0 amide bonds. The summed E-state index contributed by atoms with van der Waals surface area (Å²) >= 11 is 0.